The second-order valence-corrected chi connectivity index (χ2v) is 3.37. The third-order valence-electron chi connectivity index (χ3n) is 1.51. The van der Waals surface area contributed by atoms with Crippen LogP contribution in [-0.4, -0.2) is 19.3 Å². The molecule has 0 amide bonds. The first-order valence-electron chi connectivity index (χ1n) is 3.18. The lowest BCUT2D eigenvalue weighted by atomic mass is 10.2. The van der Waals surface area contributed by atoms with Gasteiger partial charge in [0.15, 0.2) is 0 Å². The van der Waals surface area contributed by atoms with E-state index in [4.69, 9.17) is 13.6 Å². The highest BCUT2D eigenvalue weighted by Crippen LogP contribution is 2.48. The zero-order valence-electron chi connectivity index (χ0n) is 5.08. The lowest BCUT2D eigenvalue weighted by Crippen LogP contribution is -2.25. The lowest BCUT2D eigenvalue weighted by Gasteiger charge is -2.32. The van der Waals surface area contributed by atoms with Crippen LogP contribution in [0, 0.1) is 0 Å². The summed E-state index contributed by atoms with van der Waals surface area (Å²) in [6.45, 7) is 1.63. The fourth-order valence-corrected chi connectivity index (χ4v) is 2.15. The molecule has 9 heavy (non-hydrogen) atoms. The number of hydrogen-bond donors (Lipinski definition) is 0. The standard InChI is InChI=1S/C5H9O3P/c1-3-6-9-7-4-2-5(1)8-9/h5H,1-4H2. The van der Waals surface area contributed by atoms with Crippen molar-refractivity contribution in [1.29, 1.82) is 0 Å². The van der Waals surface area contributed by atoms with E-state index in [1.807, 2.05) is 0 Å². The Labute approximate surface area is 55.3 Å². The third kappa shape index (κ3) is 1.24. The molecule has 0 aromatic rings. The van der Waals surface area contributed by atoms with E-state index in [2.05, 4.69) is 0 Å². The van der Waals surface area contributed by atoms with Crippen molar-refractivity contribution in [2.75, 3.05) is 13.2 Å². The third-order valence-corrected chi connectivity index (χ3v) is 2.77. The van der Waals surface area contributed by atoms with Gasteiger partial charge in [-0.1, -0.05) is 0 Å². The van der Waals surface area contributed by atoms with Crippen molar-refractivity contribution in [2.45, 2.75) is 18.9 Å². The summed E-state index contributed by atoms with van der Waals surface area (Å²) in [4.78, 5) is 0. The molecule has 4 heteroatoms. The molecule has 2 bridgehead atoms. The van der Waals surface area contributed by atoms with E-state index in [1.165, 1.54) is 0 Å². The summed E-state index contributed by atoms with van der Waals surface area (Å²) in [5.41, 5.74) is 0. The van der Waals surface area contributed by atoms with Crippen LogP contribution in [0.1, 0.15) is 12.8 Å². The summed E-state index contributed by atoms with van der Waals surface area (Å²) in [5.74, 6) is 0. The molecule has 2 heterocycles. The van der Waals surface area contributed by atoms with Crippen LogP contribution in [0.2, 0.25) is 0 Å². The van der Waals surface area contributed by atoms with Gasteiger partial charge in [0.25, 0.3) is 0 Å². The summed E-state index contributed by atoms with van der Waals surface area (Å²) < 4.78 is 15.7. The normalized spacial score (nSPS) is 42.7. The predicted molar refractivity (Wildman–Crippen MR) is 32.9 cm³/mol. The highest BCUT2D eigenvalue weighted by atomic mass is 31.2. The highest BCUT2D eigenvalue weighted by Gasteiger charge is 2.29. The van der Waals surface area contributed by atoms with Crippen LogP contribution in [0.4, 0.5) is 0 Å². The van der Waals surface area contributed by atoms with Crippen molar-refractivity contribution in [2.24, 2.45) is 0 Å². The molecular weight excluding hydrogens is 139 g/mol. The summed E-state index contributed by atoms with van der Waals surface area (Å²) in [6, 6.07) is 0. The largest absolute Gasteiger partial charge is 0.332 e. The number of hydrogen-bond acceptors (Lipinski definition) is 3. The van der Waals surface area contributed by atoms with Crippen molar-refractivity contribution in [3.63, 3.8) is 0 Å². The molecule has 0 aromatic heterocycles. The molecule has 2 aliphatic heterocycles. The molecule has 0 N–H and O–H groups in total. The van der Waals surface area contributed by atoms with Gasteiger partial charge in [0.2, 0.25) is 0 Å². The molecule has 0 spiro atoms. The molecule has 2 aliphatic rings. The van der Waals surface area contributed by atoms with Gasteiger partial charge in [-0.15, -0.1) is 0 Å². The van der Waals surface area contributed by atoms with Crippen molar-refractivity contribution in [3.8, 4) is 0 Å². The van der Waals surface area contributed by atoms with Gasteiger partial charge >= 0.3 is 8.60 Å². The van der Waals surface area contributed by atoms with Crippen LogP contribution in [0.5, 0.6) is 0 Å². The Morgan fingerprint density at radius 2 is 1.78 bits per heavy atom. The van der Waals surface area contributed by atoms with Crippen LogP contribution in [0.15, 0.2) is 0 Å². The first-order chi connectivity index (χ1) is 4.45. The van der Waals surface area contributed by atoms with Crippen molar-refractivity contribution < 1.29 is 13.6 Å². The maximum absolute atomic E-state index is 5.34. The molecule has 0 aliphatic carbocycles. The number of rotatable bonds is 0. The van der Waals surface area contributed by atoms with Gasteiger partial charge in [0.05, 0.1) is 19.3 Å². The fraction of sp³-hybridized carbons (Fsp3) is 1.00. The zero-order valence-corrected chi connectivity index (χ0v) is 5.97. The Bertz CT molecular complexity index is 88.4. The van der Waals surface area contributed by atoms with Crippen molar-refractivity contribution >= 4 is 8.60 Å². The van der Waals surface area contributed by atoms with E-state index in [1.54, 1.807) is 0 Å². The summed E-state index contributed by atoms with van der Waals surface area (Å²) in [6.07, 6.45) is 2.52. The van der Waals surface area contributed by atoms with Gasteiger partial charge < -0.3 is 13.6 Å². The Morgan fingerprint density at radius 3 is 2.22 bits per heavy atom. The molecule has 52 valence electrons. The van der Waals surface area contributed by atoms with Gasteiger partial charge in [0, 0.05) is 0 Å². The van der Waals surface area contributed by atoms with Gasteiger partial charge in [-0.3, -0.25) is 0 Å². The van der Waals surface area contributed by atoms with Crippen LogP contribution >= 0.6 is 8.60 Å². The molecule has 2 fully saturated rings. The minimum Gasteiger partial charge on any atom is -0.312 e. The minimum absolute atomic E-state index is 0.429. The van der Waals surface area contributed by atoms with Gasteiger partial charge in [0.1, 0.15) is 0 Å². The minimum atomic E-state index is -0.922. The van der Waals surface area contributed by atoms with Crippen LogP contribution < -0.4 is 0 Å². The van der Waals surface area contributed by atoms with Gasteiger partial charge in [-0.25, -0.2) is 0 Å². The molecule has 2 saturated heterocycles. The summed E-state index contributed by atoms with van der Waals surface area (Å²) in [5, 5.41) is 0. The molecule has 0 radical (unpaired) electrons. The van der Waals surface area contributed by atoms with Crippen LogP contribution in [-0.2, 0) is 13.6 Å². The van der Waals surface area contributed by atoms with Crippen LogP contribution in [0.3, 0.4) is 0 Å². The molecular formula is C5H9O3P. The van der Waals surface area contributed by atoms with E-state index in [-0.39, 0.29) is 0 Å². The SMILES string of the molecule is C1CC2CCOP(O1)O2. The Morgan fingerprint density at radius 1 is 1.11 bits per heavy atom. The van der Waals surface area contributed by atoms with E-state index in [0.29, 0.717) is 6.10 Å². The van der Waals surface area contributed by atoms with E-state index < -0.39 is 8.60 Å². The Hall–Kier alpha value is 0.310. The molecule has 0 aromatic carbocycles. The first kappa shape index (κ1) is 6.05. The maximum atomic E-state index is 5.34. The topological polar surface area (TPSA) is 27.7 Å². The Kier molecular flexibility index (Phi) is 1.68. The van der Waals surface area contributed by atoms with Crippen LogP contribution in [0.25, 0.3) is 0 Å². The molecule has 3 nitrogen and oxygen atoms in total. The monoisotopic (exact) mass is 148 g/mol. The van der Waals surface area contributed by atoms with Gasteiger partial charge in [-0.2, -0.15) is 0 Å². The van der Waals surface area contributed by atoms with E-state index in [0.717, 1.165) is 26.1 Å². The zero-order chi connectivity index (χ0) is 6.10. The summed E-state index contributed by atoms with van der Waals surface area (Å²) >= 11 is 0. The molecule has 0 saturated carbocycles. The van der Waals surface area contributed by atoms with E-state index in [9.17, 15) is 0 Å². The van der Waals surface area contributed by atoms with Crippen molar-refractivity contribution in [1.82, 2.24) is 0 Å². The average Bonchev–Trinajstić information content (AvgIpc) is 1.88. The van der Waals surface area contributed by atoms with E-state index >= 15 is 0 Å². The molecule has 2 rings (SSSR count). The maximum Gasteiger partial charge on any atom is 0.332 e. The quantitative estimate of drug-likeness (QED) is 0.486. The predicted octanol–water partition coefficient (Wildman–Crippen LogP) is 1.44. The highest BCUT2D eigenvalue weighted by molar-refractivity contribution is 7.41. The second kappa shape index (κ2) is 2.51. The average molecular weight is 148 g/mol. The van der Waals surface area contributed by atoms with Crippen molar-refractivity contribution in [3.05, 3.63) is 0 Å². The lowest BCUT2D eigenvalue weighted by molar-refractivity contribution is 0.0150. The second-order valence-electron chi connectivity index (χ2n) is 2.19. The Balaban J connectivity index is 1.96. The molecule has 0 atom stereocenters. The summed E-state index contributed by atoms with van der Waals surface area (Å²) in [7, 11) is -0.922. The fourth-order valence-electron chi connectivity index (χ4n) is 0.987. The first-order valence-corrected chi connectivity index (χ1v) is 4.27. The van der Waals surface area contributed by atoms with Gasteiger partial charge in [-0.05, 0) is 12.8 Å². The number of fused-ring (bicyclic) bond motifs is 2. The smallest absolute Gasteiger partial charge is 0.312 e. The molecule has 0 unspecified atom stereocenters.